The summed E-state index contributed by atoms with van der Waals surface area (Å²) >= 11 is 0. The number of guanidine groups is 1. The summed E-state index contributed by atoms with van der Waals surface area (Å²) in [7, 11) is 0.640. The zero-order chi connectivity index (χ0) is 19.1. The molecule has 0 aliphatic carbocycles. The Bertz CT molecular complexity index is 811. The Morgan fingerprint density at radius 3 is 2.48 bits per heavy atom. The van der Waals surface area contributed by atoms with Crippen LogP contribution in [-0.4, -0.2) is 48.0 Å². The normalized spacial score (nSPS) is 18.4. The van der Waals surface area contributed by atoms with Gasteiger partial charge in [0.2, 0.25) is 5.91 Å². The number of rotatable bonds is 6. The number of amides is 1. The molecule has 2 unspecified atom stereocenters. The van der Waals surface area contributed by atoms with Gasteiger partial charge in [0.1, 0.15) is 0 Å². The molecule has 2 atom stereocenters. The van der Waals surface area contributed by atoms with E-state index >= 15 is 0 Å². The van der Waals surface area contributed by atoms with E-state index in [0.29, 0.717) is 31.2 Å². The van der Waals surface area contributed by atoms with Gasteiger partial charge in [-0.05, 0) is 24.3 Å². The second kappa shape index (κ2) is 9.32. The van der Waals surface area contributed by atoms with E-state index < -0.39 is 10.8 Å². The second-order valence-electron chi connectivity index (χ2n) is 6.25. The van der Waals surface area contributed by atoms with Crippen molar-refractivity contribution in [3.05, 3.63) is 60.7 Å². The van der Waals surface area contributed by atoms with E-state index in [-0.39, 0.29) is 11.9 Å². The van der Waals surface area contributed by atoms with E-state index in [0.717, 1.165) is 10.6 Å². The first-order valence-electron chi connectivity index (χ1n) is 8.93. The van der Waals surface area contributed by atoms with Crippen LogP contribution in [-0.2, 0) is 15.6 Å². The molecular formula is C20H24N4O2S. The highest BCUT2D eigenvalue weighted by Crippen LogP contribution is 2.20. The zero-order valence-corrected chi connectivity index (χ0v) is 16.1. The highest BCUT2D eigenvalue weighted by molar-refractivity contribution is 7.85. The van der Waals surface area contributed by atoms with Crippen LogP contribution in [0, 0.1) is 0 Å². The summed E-state index contributed by atoms with van der Waals surface area (Å²) in [5.41, 5.74) is 0.910. The van der Waals surface area contributed by atoms with Crippen molar-refractivity contribution in [2.24, 2.45) is 4.99 Å². The summed E-state index contributed by atoms with van der Waals surface area (Å²) in [6, 6.07) is 19.1. The number of benzene rings is 2. The highest BCUT2D eigenvalue weighted by atomic mass is 32.2. The van der Waals surface area contributed by atoms with E-state index in [9.17, 15) is 9.00 Å². The molecule has 1 fully saturated rings. The third-order valence-electron chi connectivity index (χ3n) is 4.34. The molecule has 1 amide bonds. The highest BCUT2D eigenvalue weighted by Gasteiger charge is 2.30. The van der Waals surface area contributed by atoms with Crippen LogP contribution in [0.2, 0.25) is 0 Å². The Kier molecular flexibility index (Phi) is 6.59. The van der Waals surface area contributed by atoms with E-state index in [2.05, 4.69) is 15.6 Å². The van der Waals surface area contributed by atoms with Gasteiger partial charge >= 0.3 is 0 Å². The Morgan fingerprint density at radius 2 is 1.81 bits per heavy atom. The number of anilines is 1. The topological polar surface area (TPSA) is 73.8 Å². The molecule has 27 heavy (non-hydrogen) atoms. The maximum absolute atomic E-state index is 12.3. The third-order valence-corrected chi connectivity index (χ3v) is 5.72. The first-order valence-corrected chi connectivity index (χ1v) is 10.3. The predicted molar refractivity (Wildman–Crippen MR) is 109 cm³/mol. The molecule has 0 radical (unpaired) electrons. The number of carbonyl (C=O) groups is 1. The van der Waals surface area contributed by atoms with E-state index in [1.165, 1.54) is 0 Å². The molecule has 0 aromatic heterocycles. The predicted octanol–water partition coefficient (Wildman–Crippen LogP) is 1.76. The minimum Gasteiger partial charge on any atom is -0.355 e. The van der Waals surface area contributed by atoms with Gasteiger partial charge in [0.25, 0.3) is 0 Å². The largest absolute Gasteiger partial charge is 0.355 e. The van der Waals surface area contributed by atoms with Crippen molar-refractivity contribution in [1.82, 2.24) is 10.6 Å². The average Bonchev–Trinajstić information content (AvgIpc) is 3.08. The van der Waals surface area contributed by atoms with Crippen LogP contribution in [0.3, 0.4) is 0 Å². The fourth-order valence-electron chi connectivity index (χ4n) is 3.00. The van der Waals surface area contributed by atoms with Gasteiger partial charge in [-0.25, -0.2) is 0 Å². The first-order chi connectivity index (χ1) is 13.2. The Hall–Kier alpha value is -2.67. The van der Waals surface area contributed by atoms with E-state index in [4.69, 9.17) is 0 Å². The molecule has 0 saturated carbocycles. The van der Waals surface area contributed by atoms with Crippen molar-refractivity contribution >= 4 is 28.4 Å². The molecular weight excluding hydrogens is 360 g/mol. The molecule has 3 rings (SSSR count). The van der Waals surface area contributed by atoms with Crippen LogP contribution in [0.25, 0.3) is 0 Å². The SMILES string of the molecule is CN=C(NCCS(=O)c1ccccc1)NC1CC(=O)N(c2ccccc2)C1. The Morgan fingerprint density at radius 1 is 1.15 bits per heavy atom. The van der Waals surface area contributed by atoms with Crippen LogP contribution in [0.4, 0.5) is 5.69 Å². The number of para-hydroxylation sites is 1. The van der Waals surface area contributed by atoms with E-state index in [1.54, 1.807) is 11.9 Å². The lowest BCUT2D eigenvalue weighted by Crippen LogP contribution is -2.45. The van der Waals surface area contributed by atoms with Crippen LogP contribution in [0.5, 0.6) is 0 Å². The molecule has 1 saturated heterocycles. The number of hydrogen-bond donors (Lipinski definition) is 2. The third kappa shape index (κ3) is 5.17. The quantitative estimate of drug-likeness (QED) is 0.588. The summed E-state index contributed by atoms with van der Waals surface area (Å²) in [5, 5.41) is 6.47. The Labute approximate surface area is 162 Å². The lowest BCUT2D eigenvalue weighted by atomic mass is 10.2. The number of aliphatic imine (C=N–C) groups is 1. The standard InChI is InChI=1S/C20H24N4O2S/c1-21-20(22-12-13-27(26)18-10-6-3-7-11-18)23-16-14-19(25)24(15-16)17-8-4-2-5-9-17/h2-11,16H,12-15H2,1H3,(H2,21,22,23). The van der Waals surface area contributed by atoms with Crippen molar-refractivity contribution in [2.45, 2.75) is 17.4 Å². The number of nitrogens with zero attached hydrogens (tertiary/aromatic N) is 2. The van der Waals surface area contributed by atoms with Gasteiger partial charge in [0.05, 0.1) is 16.8 Å². The lowest BCUT2D eigenvalue weighted by Gasteiger charge is -2.19. The summed E-state index contributed by atoms with van der Waals surface area (Å²) in [5.74, 6) is 1.21. The van der Waals surface area contributed by atoms with Gasteiger partial charge < -0.3 is 15.5 Å². The minimum absolute atomic E-state index is 0.0106. The lowest BCUT2D eigenvalue weighted by molar-refractivity contribution is -0.117. The summed E-state index contributed by atoms with van der Waals surface area (Å²) < 4.78 is 12.3. The van der Waals surface area contributed by atoms with Crippen molar-refractivity contribution in [3.8, 4) is 0 Å². The smallest absolute Gasteiger partial charge is 0.229 e. The molecule has 6 nitrogen and oxygen atoms in total. The molecule has 1 aliphatic heterocycles. The number of nitrogens with one attached hydrogen (secondary N) is 2. The molecule has 0 bridgehead atoms. The molecule has 1 aliphatic rings. The molecule has 2 N–H and O–H groups in total. The summed E-state index contributed by atoms with van der Waals surface area (Å²) in [6.45, 7) is 1.13. The van der Waals surface area contributed by atoms with Gasteiger partial charge in [-0.3, -0.25) is 14.0 Å². The molecule has 2 aromatic carbocycles. The van der Waals surface area contributed by atoms with Gasteiger partial charge in [0, 0.05) is 42.9 Å². The molecule has 2 aromatic rings. The second-order valence-corrected chi connectivity index (χ2v) is 7.82. The minimum atomic E-state index is -1.05. The van der Waals surface area contributed by atoms with Crippen LogP contribution < -0.4 is 15.5 Å². The van der Waals surface area contributed by atoms with Crippen molar-refractivity contribution in [1.29, 1.82) is 0 Å². The maximum atomic E-state index is 12.3. The van der Waals surface area contributed by atoms with Gasteiger partial charge in [-0.2, -0.15) is 0 Å². The Balaban J connectivity index is 1.48. The molecule has 0 spiro atoms. The fraction of sp³-hybridized carbons (Fsp3) is 0.300. The van der Waals surface area contributed by atoms with Crippen molar-refractivity contribution in [3.63, 3.8) is 0 Å². The molecule has 142 valence electrons. The van der Waals surface area contributed by atoms with Gasteiger partial charge in [-0.1, -0.05) is 36.4 Å². The first kappa shape index (κ1) is 19.1. The summed E-state index contributed by atoms with van der Waals surface area (Å²) in [6.07, 6.45) is 0.422. The number of hydrogen-bond acceptors (Lipinski definition) is 3. The fourth-order valence-corrected chi connectivity index (χ4v) is 3.99. The summed E-state index contributed by atoms with van der Waals surface area (Å²) in [4.78, 5) is 19.1. The molecule has 7 heteroatoms. The zero-order valence-electron chi connectivity index (χ0n) is 15.3. The average molecular weight is 385 g/mol. The van der Waals surface area contributed by atoms with Crippen LogP contribution >= 0.6 is 0 Å². The monoisotopic (exact) mass is 384 g/mol. The number of carbonyl (C=O) groups excluding carboxylic acids is 1. The van der Waals surface area contributed by atoms with Crippen molar-refractivity contribution < 1.29 is 9.00 Å². The van der Waals surface area contributed by atoms with Crippen molar-refractivity contribution in [2.75, 3.05) is 30.8 Å². The van der Waals surface area contributed by atoms with Gasteiger partial charge in [0.15, 0.2) is 5.96 Å². The van der Waals surface area contributed by atoms with Crippen LogP contribution in [0.15, 0.2) is 70.6 Å². The van der Waals surface area contributed by atoms with E-state index in [1.807, 2.05) is 60.7 Å². The maximum Gasteiger partial charge on any atom is 0.229 e. The van der Waals surface area contributed by atoms with Crippen LogP contribution in [0.1, 0.15) is 6.42 Å². The molecule has 1 heterocycles. The van der Waals surface area contributed by atoms with Gasteiger partial charge in [-0.15, -0.1) is 0 Å².